The first kappa shape index (κ1) is 23.9. The largest absolute Gasteiger partial charge is 0.452 e. The van der Waals surface area contributed by atoms with Gasteiger partial charge < -0.3 is 9.64 Å². The van der Waals surface area contributed by atoms with Gasteiger partial charge in [0.25, 0.3) is 5.91 Å². The highest BCUT2D eigenvalue weighted by molar-refractivity contribution is 7.89. The van der Waals surface area contributed by atoms with Crippen LogP contribution in [0.2, 0.25) is 0 Å². The molecule has 7 nitrogen and oxygen atoms in total. The monoisotopic (exact) mass is 458 g/mol. The number of benzene rings is 2. The lowest BCUT2D eigenvalue weighted by Gasteiger charge is -2.29. The van der Waals surface area contributed by atoms with Gasteiger partial charge in [0.05, 0.1) is 10.5 Å². The molecule has 2 aromatic carbocycles. The van der Waals surface area contributed by atoms with Gasteiger partial charge >= 0.3 is 5.97 Å². The van der Waals surface area contributed by atoms with Gasteiger partial charge in [-0.05, 0) is 69.0 Å². The van der Waals surface area contributed by atoms with Crippen molar-refractivity contribution in [2.24, 2.45) is 5.92 Å². The number of carbonyl (C=O) groups is 2. The Hall–Kier alpha value is -2.71. The molecule has 0 atom stereocenters. The number of amides is 1. The maximum Gasteiger partial charge on any atom is 0.338 e. The van der Waals surface area contributed by atoms with Crippen molar-refractivity contribution in [1.82, 2.24) is 4.31 Å². The van der Waals surface area contributed by atoms with Crippen LogP contribution in [0.1, 0.15) is 44.0 Å². The highest BCUT2D eigenvalue weighted by Gasteiger charge is 2.28. The Kier molecular flexibility index (Phi) is 7.69. The summed E-state index contributed by atoms with van der Waals surface area (Å²) in [5.74, 6) is -0.487. The van der Waals surface area contributed by atoms with Crippen LogP contribution in [0, 0.1) is 5.92 Å². The van der Waals surface area contributed by atoms with Gasteiger partial charge in [-0.2, -0.15) is 4.31 Å². The molecule has 0 N–H and O–H groups in total. The van der Waals surface area contributed by atoms with Gasteiger partial charge in [-0.3, -0.25) is 4.79 Å². The number of carbonyl (C=O) groups excluding carboxylic acids is 2. The average Bonchev–Trinajstić information content (AvgIpc) is 2.78. The summed E-state index contributed by atoms with van der Waals surface area (Å²) in [6, 6.07) is 14.7. The first-order chi connectivity index (χ1) is 15.2. The number of ether oxygens (including phenoxy) is 1. The zero-order valence-electron chi connectivity index (χ0n) is 18.7. The molecule has 0 aliphatic carbocycles. The van der Waals surface area contributed by atoms with E-state index in [1.165, 1.54) is 28.6 Å². The zero-order chi connectivity index (χ0) is 23.3. The number of esters is 1. The van der Waals surface area contributed by atoms with E-state index in [2.05, 4.69) is 6.92 Å². The van der Waals surface area contributed by atoms with Crippen LogP contribution in [-0.4, -0.2) is 50.3 Å². The van der Waals surface area contributed by atoms with Crippen LogP contribution in [0.5, 0.6) is 0 Å². The number of sulfonamides is 1. The third-order valence-electron chi connectivity index (χ3n) is 5.62. The molecule has 1 amide bonds. The van der Waals surface area contributed by atoms with E-state index in [9.17, 15) is 18.0 Å². The van der Waals surface area contributed by atoms with Crippen molar-refractivity contribution in [2.75, 3.05) is 24.6 Å². The highest BCUT2D eigenvalue weighted by Crippen LogP contribution is 2.24. The second-order valence-corrected chi connectivity index (χ2v) is 10.3. The van der Waals surface area contributed by atoms with Crippen LogP contribution in [0.4, 0.5) is 5.69 Å². The molecule has 0 bridgehead atoms. The van der Waals surface area contributed by atoms with Gasteiger partial charge in [0.1, 0.15) is 0 Å². The predicted octanol–water partition coefficient (Wildman–Crippen LogP) is 3.71. The number of nitrogens with zero attached hydrogens (tertiary/aromatic N) is 2. The number of hydrogen-bond acceptors (Lipinski definition) is 5. The summed E-state index contributed by atoms with van der Waals surface area (Å²) in [6.07, 6.45) is 1.68. The van der Waals surface area contributed by atoms with Crippen molar-refractivity contribution in [2.45, 2.75) is 44.6 Å². The van der Waals surface area contributed by atoms with Crippen molar-refractivity contribution in [3.8, 4) is 0 Å². The summed E-state index contributed by atoms with van der Waals surface area (Å²) >= 11 is 0. The highest BCUT2D eigenvalue weighted by atomic mass is 32.2. The molecule has 0 radical (unpaired) electrons. The van der Waals surface area contributed by atoms with Crippen LogP contribution in [0.3, 0.4) is 0 Å². The fourth-order valence-electron chi connectivity index (χ4n) is 3.74. The smallest absolute Gasteiger partial charge is 0.338 e. The van der Waals surface area contributed by atoms with E-state index in [0.29, 0.717) is 19.0 Å². The second-order valence-electron chi connectivity index (χ2n) is 8.38. The topological polar surface area (TPSA) is 84.0 Å². The number of para-hydroxylation sites is 1. The molecule has 2 aromatic rings. The number of rotatable bonds is 7. The van der Waals surface area contributed by atoms with E-state index in [0.717, 1.165) is 18.5 Å². The summed E-state index contributed by atoms with van der Waals surface area (Å²) in [6.45, 7) is 6.49. The predicted molar refractivity (Wildman–Crippen MR) is 123 cm³/mol. The SMILES string of the molecule is CC1CCN(S(=O)(=O)c2ccc(C(=O)OCC(=O)N(c3ccccc3)C(C)C)cc2)CC1. The average molecular weight is 459 g/mol. The minimum Gasteiger partial charge on any atom is -0.452 e. The summed E-state index contributed by atoms with van der Waals surface area (Å²) in [7, 11) is -3.58. The molecule has 1 saturated heterocycles. The fraction of sp³-hybridized carbons (Fsp3) is 0.417. The fourth-order valence-corrected chi connectivity index (χ4v) is 5.21. The molecule has 1 aliphatic heterocycles. The summed E-state index contributed by atoms with van der Waals surface area (Å²) in [4.78, 5) is 26.8. The van der Waals surface area contributed by atoms with Gasteiger partial charge in [0.15, 0.2) is 6.61 Å². The van der Waals surface area contributed by atoms with Crippen LogP contribution in [0.25, 0.3) is 0 Å². The van der Waals surface area contributed by atoms with E-state index in [-0.39, 0.29) is 22.4 Å². The minimum atomic E-state index is -3.58. The third-order valence-corrected chi connectivity index (χ3v) is 7.53. The van der Waals surface area contributed by atoms with Gasteiger partial charge in [0.2, 0.25) is 10.0 Å². The molecule has 0 saturated carbocycles. The van der Waals surface area contributed by atoms with Crippen LogP contribution < -0.4 is 4.90 Å². The lowest BCUT2D eigenvalue weighted by molar-refractivity contribution is -0.122. The van der Waals surface area contributed by atoms with Crippen LogP contribution in [0.15, 0.2) is 59.5 Å². The first-order valence-electron chi connectivity index (χ1n) is 10.8. The Morgan fingerprint density at radius 2 is 1.62 bits per heavy atom. The molecule has 0 unspecified atom stereocenters. The molecule has 32 heavy (non-hydrogen) atoms. The number of piperidine rings is 1. The summed E-state index contributed by atoms with van der Waals surface area (Å²) in [5, 5.41) is 0. The quantitative estimate of drug-likeness (QED) is 0.591. The molecule has 1 heterocycles. The van der Waals surface area contributed by atoms with Gasteiger partial charge in [-0.1, -0.05) is 25.1 Å². The first-order valence-corrected chi connectivity index (χ1v) is 12.3. The lowest BCUT2D eigenvalue weighted by Crippen LogP contribution is -2.39. The maximum atomic E-state index is 12.8. The summed E-state index contributed by atoms with van der Waals surface area (Å²) in [5.41, 5.74) is 0.921. The van der Waals surface area contributed by atoms with Crippen molar-refractivity contribution in [3.63, 3.8) is 0 Å². The van der Waals surface area contributed by atoms with Gasteiger partial charge in [0, 0.05) is 24.8 Å². The third kappa shape index (κ3) is 5.55. The van der Waals surface area contributed by atoms with E-state index >= 15 is 0 Å². The molecule has 3 rings (SSSR count). The molecule has 1 aliphatic rings. The molecule has 1 fully saturated rings. The van der Waals surface area contributed by atoms with Crippen molar-refractivity contribution in [3.05, 3.63) is 60.2 Å². The van der Waals surface area contributed by atoms with Crippen molar-refractivity contribution >= 4 is 27.6 Å². The van der Waals surface area contributed by atoms with Gasteiger partial charge in [-0.25, -0.2) is 13.2 Å². The molecule has 0 aromatic heterocycles. The Labute approximate surface area is 190 Å². The normalized spacial score (nSPS) is 15.5. The Morgan fingerprint density at radius 1 is 1.03 bits per heavy atom. The van der Waals surface area contributed by atoms with Crippen LogP contribution >= 0.6 is 0 Å². The summed E-state index contributed by atoms with van der Waals surface area (Å²) < 4.78 is 32.3. The molecular formula is C24H30N2O5S. The zero-order valence-corrected chi connectivity index (χ0v) is 19.5. The standard InChI is InChI=1S/C24H30N2O5S/c1-18(2)26(21-7-5-4-6-8-21)23(27)17-31-24(28)20-9-11-22(12-10-20)32(29,30)25-15-13-19(3)14-16-25/h4-12,18-19H,13-17H2,1-3H3. The molecule has 172 valence electrons. The van der Waals surface area contributed by atoms with E-state index in [4.69, 9.17) is 4.74 Å². The van der Waals surface area contributed by atoms with Crippen LogP contribution in [-0.2, 0) is 19.6 Å². The molecule has 8 heteroatoms. The Morgan fingerprint density at radius 3 is 2.19 bits per heavy atom. The Bertz CT molecular complexity index is 1030. The Balaban J connectivity index is 1.63. The van der Waals surface area contributed by atoms with E-state index < -0.39 is 22.6 Å². The number of anilines is 1. The second kappa shape index (κ2) is 10.3. The minimum absolute atomic E-state index is 0.106. The van der Waals surface area contributed by atoms with Crippen molar-refractivity contribution < 1.29 is 22.7 Å². The lowest BCUT2D eigenvalue weighted by atomic mass is 10.0. The van der Waals surface area contributed by atoms with Crippen molar-refractivity contribution in [1.29, 1.82) is 0 Å². The maximum absolute atomic E-state index is 12.8. The molecular weight excluding hydrogens is 428 g/mol. The van der Waals surface area contributed by atoms with E-state index in [1.54, 1.807) is 4.90 Å². The van der Waals surface area contributed by atoms with E-state index in [1.807, 2.05) is 44.2 Å². The molecule has 0 spiro atoms. The number of hydrogen-bond donors (Lipinski definition) is 0. The van der Waals surface area contributed by atoms with Gasteiger partial charge in [-0.15, -0.1) is 0 Å².